The van der Waals surface area contributed by atoms with Crippen LogP contribution in [0.5, 0.6) is 0 Å². The van der Waals surface area contributed by atoms with Gasteiger partial charge in [-0.15, -0.1) is 0 Å². The lowest BCUT2D eigenvalue weighted by molar-refractivity contribution is 1.00. The number of pyridine rings is 1. The van der Waals surface area contributed by atoms with E-state index in [2.05, 4.69) is 48.1 Å². The van der Waals surface area contributed by atoms with E-state index in [0.29, 0.717) is 6.37 Å². The Balaban J connectivity index is 0.000000531. The van der Waals surface area contributed by atoms with E-state index >= 15 is 0 Å². The molecule has 2 heterocycles. The van der Waals surface area contributed by atoms with Gasteiger partial charge in [-0.25, -0.2) is 9.44 Å². The Hall–Kier alpha value is 0.260. The van der Waals surface area contributed by atoms with Crippen molar-refractivity contribution in [3.8, 4) is 0 Å². The Morgan fingerprint density at radius 2 is 2.13 bits per heavy atom. The topological polar surface area (TPSA) is 30.7 Å². The fourth-order valence-corrected chi connectivity index (χ4v) is 3.09. The maximum atomic E-state index is 4.41. The molecule has 0 aliphatic rings. The highest BCUT2D eigenvalue weighted by atomic mass is 127. The first kappa shape index (κ1) is 13.3. The Bertz CT molecular complexity index is 458. The molecule has 0 aliphatic heterocycles. The van der Waals surface area contributed by atoms with E-state index < -0.39 is 0 Å². The fraction of sp³-hybridized carbons (Fsp3) is 0.333. The third-order valence-corrected chi connectivity index (χ3v) is 4.10. The highest BCUT2D eigenvalue weighted by Crippen LogP contribution is 2.30. The molecule has 3 nitrogen and oxygen atoms in total. The van der Waals surface area contributed by atoms with Gasteiger partial charge >= 0.3 is 0 Å². The van der Waals surface area contributed by atoms with Gasteiger partial charge in [-0.1, -0.05) is 13.8 Å². The first-order valence-corrected chi connectivity index (χ1v) is 9.45. The second kappa shape index (κ2) is 6.11. The zero-order valence-corrected chi connectivity index (χ0v) is 13.5. The van der Waals surface area contributed by atoms with Crippen LogP contribution in [0.15, 0.2) is 16.9 Å². The molecule has 0 saturated carbocycles. The third-order valence-electron chi connectivity index (χ3n) is 1.80. The molecule has 6 heteroatoms. The van der Waals surface area contributed by atoms with Gasteiger partial charge in [-0.3, -0.25) is 0 Å². The molecule has 0 bridgehead atoms. The summed E-state index contributed by atoms with van der Waals surface area (Å²) < 4.78 is 2.84. The van der Waals surface area contributed by atoms with Crippen LogP contribution in [0.1, 0.15) is 19.5 Å². The number of hydrogen-bond donors (Lipinski definition) is 0. The molecule has 15 heavy (non-hydrogen) atoms. The molecule has 0 N–H and O–H groups in total. The number of fused-ring (bicyclic) bond motifs is 1. The maximum Gasteiger partial charge on any atom is 0.106 e. The zero-order chi connectivity index (χ0) is 11.4. The minimum absolute atomic E-state index is 0.622. The predicted molar refractivity (Wildman–Crippen MR) is 79.0 cm³/mol. The zero-order valence-electron chi connectivity index (χ0n) is 8.75. The monoisotopic (exact) mass is 399 g/mol. The average molecular weight is 400 g/mol. The largest absolute Gasteiger partial charge is 0.247 e. The van der Waals surface area contributed by atoms with Crippen molar-refractivity contribution in [1.29, 1.82) is 0 Å². The lowest BCUT2D eigenvalue weighted by Crippen LogP contribution is -1.83. The van der Waals surface area contributed by atoms with Crippen LogP contribution in [0, 0.1) is 6.92 Å². The molecule has 2 rings (SSSR count). The summed E-state index contributed by atoms with van der Waals surface area (Å²) in [5.41, 5.74) is 2.16. The highest BCUT2D eigenvalue weighted by molar-refractivity contribution is 14.2. The van der Waals surface area contributed by atoms with Gasteiger partial charge in [0.2, 0.25) is 0 Å². The highest BCUT2D eigenvalue weighted by Gasteiger charge is 2.06. The molecular weight excluding hydrogens is 388 g/mol. The molecular formula is C9H12BrIN3P. The summed E-state index contributed by atoms with van der Waals surface area (Å²) in [7, 11) is 0. The first-order chi connectivity index (χ1) is 7.22. The van der Waals surface area contributed by atoms with Gasteiger partial charge in [0.25, 0.3) is 0 Å². The number of aryl methyl sites for hydroxylation is 1. The van der Waals surface area contributed by atoms with Gasteiger partial charge in [0.15, 0.2) is 0 Å². The second-order valence-electron chi connectivity index (χ2n) is 2.61. The SMILES string of the molecule is CC.Cc1nn(PI)c2cnc(Br)cc12. The summed E-state index contributed by atoms with van der Waals surface area (Å²) in [6, 6.07) is 2.00. The summed E-state index contributed by atoms with van der Waals surface area (Å²) in [5, 5.41) is 5.58. The van der Waals surface area contributed by atoms with Crippen LogP contribution >= 0.6 is 44.3 Å². The van der Waals surface area contributed by atoms with Crippen LogP contribution in [-0.2, 0) is 0 Å². The summed E-state index contributed by atoms with van der Waals surface area (Å²) in [4.78, 5) is 4.19. The van der Waals surface area contributed by atoms with Crippen LogP contribution in [0.25, 0.3) is 10.9 Å². The lowest BCUT2D eigenvalue weighted by Gasteiger charge is -1.95. The molecule has 1 atom stereocenters. The van der Waals surface area contributed by atoms with Crippen molar-refractivity contribution in [2.75, 3.05) is 0 Å². The van der Waals surface area contributed by atoms with Crippen molar-refractivity contribution >= 4 is 55.2 Å². The lowest BCUT2D eigenvalue weighted by atomic mass is 10.3. The number of nitrogens with zero attached hydrogens (tertiary/aromatic N) is 3. The Morgan fingerprint density at radius 1 is 1.47 bits per heavy atom. The van der Waals surface area contributed by atoms with Gasteiger partial charge in [-0.05, 0) is 51.0 Å². The van der Waals surface area contributed by atoms with Crippen LogP contribution in [-0.4, -0.2) is 14.5 Å². The van der Waals surface area contributed by atoms with Crippen molar-refractivity contribution in [2.45, 2.75) is 20.8 Å². The molecule has 0 saturated heterocycles. The number of aromatic nitrogens is 3. The Labute approximate surface area is 112 Å². The quantitative estimate of drug-likeness (QED) is 0.406. The van der Waals surface area contributed by atoms with E-state index in [1.807, 2.05) is 37.5 Å². The fourth-order valence-electron chi connectivity index (χ4n) is 1.20. The Morgan fingerprint density at radius 3 is 2.73 bits per heavy atom. The molecule has 0 aromatic carbocycles. The smallest absolute Gasteiger partial charge is 0.106 e. The van der Waals surface area contributed by atoms with Gasteiger partial charge < -0.3 is 0 Å². The minimum Gasteiger partial charge on any atom is -0.247 e. The van der Waals surface area contributed by atoms with Crippen molar-refractivity contribution in [2.24, 2.45) is 0 Å². The average Bonchev–Trinajstić information content (AvgIpc) is 2.58. The van der Waals surface area contributed by atoms with Crippen molar-refractivity contribution < 1.29 is 0 Å². The summed E-state index contributed by atoms with van der Waals surface area (Å²) >= 11 is 5.66. The van der Waals surface area contributed by atoms with E-state index in [9.17, 15) is 0 Å². The van der Waals surface area contributed by atoms with Crippen molar-refractivity contribution in [1.82, 2.24) is 14.5 Å². The molecule has 0 fully saturated rings. The van der Waals surface area contributed by atoms with Crippen LogP contribution < -0.4 is 0 Å². The minimum atomic E-state index is 0.622. The molecule has 0 radical (unpaired) electrons. The maximum absolute atomic E-state index is 4.41. The first-order valence-electron chi connectivity index (χ1n) is 4.60. The van der Waals surface area contributed by atoms with Gasteiger partial charge in [0, 0.05) is 5.39 Å². The molecule has 0 aliphatic carbocycles. The van der Waals surface area contributed by atoms with Crippen molar-refractivity contribution in [3.05, 3.63) is 22.6 Å². The van der Waals surface area contributed by atoms with Crippen LogP contribution in [0.3, 0.4) is 0 Å². The third kappa shape index (κ3) is 2.88. The number of halogens is 2. The van der Waals surface area contributed by atoms with E-state index in [4.69, 9.17) is 0 Å². The summed E-state index contributed by atoms with van der Waals surface area (Å²) in [6.45, 7) is 6.02. The van der Waals surface area contributed by atoms with E-state index in [-0.39, 0.29) is 0 Å². The number of rotatable bonds is 1. The molecule has 1 unspecified atom stereocenters. The molecule has 0 spiro atoms. The van der Waals surface area contributed by atoms with Crippen LogP contribution in [0.2, 0.25) is 0 Å². The number of hydrogen-bond acceptors (Lipinski definition) is 2. The van der Waals surface area contributed by atoms with E-state index in [1.165, 1.54) is 5.39 Å². The predicted octanol–water partition coefficient (Wildman–Crippen LogP) is 4.32. The Kier molecular flexibility index (Phi) is 5.43. The van der Waals surface area contributed by atoms with E-state index in [1.54, 1.807) is 0 Å². The normalized spacial score (nSPS) is 10.7. The standard InChI is InChI=1S/C7H6BrIN3P.C2H6/c1-4-5-2-7(8)10-3-6(5)12(11-4)13-9;1-2/h2-3,13H,1H3;1-2H3. The molecule has 0 amide bonds. The van der Waals surface area contributed by atoms with Gasteiger partial charge in [-0.2, -0.15) is 5.10 Å². The summed E-state index contributed by atoms with van der Waals surface area (Å²) in [6.07, 6.45) is 2.47. The molecule has 2 aromatic heterocycles. The molecule has 82 valence electrons. The van der Waals surface area contributed by atoms with E-state index in [0.717, 1.165) is 15.8 Å². The van der Waals surface area contributed by atoms with Crippen molar-refractivity contribution in [3.63, 3.8) is 0 Å². The summed E-state index contributed by atoms with van der Waals surface area (Å²) in [5.74, 6) is 0. The second-order valence-corrected chi connectivity index (χ2v) is 5.46. The van der Waals surface area contributed by atoms with Gasteiger partial charge in [0.1, 0.15) is 4.60 Å². The molecule has 2 aromatic rings. The van der Waals surface area contributed by atoms with Gasteiger partial charge in [0.05, 0.1) is 23.8 Å². The van der Waals surface area contributed by atoms with Crippen LogP contribution in [0.4, 0.5) is 0 Å².